The van der Waals surface area contributed by atoms with Gasteiger partial charge in [0, 0.05) is 24.8 Å². The zero-order valence-electron chi connectivity index (χ0n) is 20.0. The van der Waals surface area contributed by atoms with Crippen molar-refractivity contribution in [2.24, 2.45) is 0 Å². The number of hydrogen-bond donors (Lipinski definition) is 2. The van der Waals surface area contributed by atoms with Crippen LogP contribution in [0.25, 0.3) is 5.65 Å². The summed E-state index contributed by atoms with van der Waals surface area (Å²) in [4.78, 5) is 29.3. The van der Waals surface area contributed by atoms with Crippen LogP contribution in [0.5, 0.6) is 5.75 Å². The van der Waals surface area contributed by atoms with Crippen LogP contribution in [0.3, 0.4) is 0 Å². The number of hydrogen-bond acceptors (Lipinski definition) is 5. The van der Waals surface area contributed by atoms with Gasteiger partial charge in [0.25, 0.3) is 5.91 Å². The maximum absolute atomic E-state index is 14.0. The second kappa shape index (κ2) is 10.5. The van der Waals surface area contributed by atoms with E-state index in [0.717, 1.165) is 12.1 Å². The van der Waals surface area contributed by atoms with Gasteiger partial charge in [0.05, 0.1) is 16.3 Å². The minimum atomic E-state index is -0.739. The lowest BCUT2D eigenvalue weighted by molar-refractivity contribution is 0.0506. The molecule has 0 saturated heterocycles. The van der Waals surface area contributed by atoms with E-state index in [4.69, 9.17) is 21.1 Å². The summed E-state index contributed by atoms with van der Waals surface area (Å²) in [6, 6.07) is 4.58. The van der Waals surface area contributed by atoms with Crippen LogP contribution in [0, 0.1) is 18.6 Å². The van der Waals surface area contributed by atoms with E-state index in [2.05, 4.69) is 15.6 Å². The monoisotopic (exact) mass is 508 g/mol. The Morgan fingerprint density at radius 3 is 2.51 bits per heavy atom. The zero-order valence-corrected chi connectivity index (χ0v) is 20.8. The van der Waals surface area contributed by atoms with Crippen molar-refractivity contribution >= 4 is 29.2 Å². The maximum Gasteiger partial charge on any atom is 0.407 e. The third-order valence-corrected chi connectivity index (χ3v) is 5.01. The highest BCUT2D eigenvalue weighted by atomic mass is 35.5. The molecule has 0 unspecified atom stereocenters. The van der Waals surface area contributed by atoms with Crippen LogP contribution in [0.1, 0.15) is 49.4 Å². The number of halogens is 3. The molecule has 0 saturated carbocycles. The number of alkyl carbamates (subject to hydrolysis) is 1. The average Bonchev–Trinajstić information content (AvgIpc) is 3.05. The van der Waals surface area contributed by atoms with Crippen LogP contribution in [0.15, 0.2) is 30.5 Å². The Balaban J connectivity index is 1.76. The number of carbonyl (C=O) groups excluding carboxylic acids is 2. The molecule has 3 rings (SSSR count). The molecule has 3 aromatic rings. The van der Waals surface area contributed by atoms with E-state index < -0.39 is 41.9 Å². The molecule has 8 nitrogen and oxygen atoms in total. The van der Waals surface area contributed by atoms with Gasteiger partial charge in [-0.2, -0.15) is 0 Å². The number of ether oxygens (including phenoxy) is 2. The van der Waals surface area contributed by atoms with Gasteiger partial charge in [0.2, 0.25) is 0 Å². The number of fused-ring (bicyclic) bond motifs is 1. The first-order valence-corrected chi connectivity index (χ1v) is 11.2. The fourth-order valence-corrected chi connectivity index (χ4v) is 3.48. The second-order valence-electron chi connectivity index (χ2n) is 9.01. The smallest absolute Gasteiger partial charge is 0.407 e. The van der Waals surface area contributed by atoms with Crippen molar-refractivity contribution in [1.29, 1.82) is 0 Å². The second-order valence-corrected chi connectivity index (χ2v) is 9.44. The molecule has 2 aromatic heterocycles. The van der Waals surface area contributed by atoms with Crippen LogP contribution >= 0.6 is 11.6 Å². The number of rotatable bonds is 7. The lowest BCUT2D eigenvalue weighted by Gasteiger charge is -2.22. The lowest BCUT2D eigenvalue weighted by Crippen LogP contribution is -2.44. The van der Waals surface area contributed by atoms with E-state index in [9.17, 15) is 18.4 Å². The molecule has 11 heteroatoms. The van der Waals surface area contributed by atoms with Crippen molar-refractivity contribution in [2.75, 3.05) is 6.54 Å². The fraction of sp³-hybridized carbons (Fsp3) is 0.375. The molecule has 1 aromatic carbocycles. The third-order valence-electron chi connectivity index (χ3n) is 4.81. The Kier molecular flexibility index (Phi) is 7.84. The van der Waals surface area contributed by atoms with E-state index in [-0.39, 0.29) is 34.2 Å². The van der Waals surface area contributed by atoms with Gasteiger partial charge in [0.15, 0.2) is 11.4 Å². The van der Waals surface area contributed by atoms with Gasteiger partial charge in [-0.1, -0.05) is 17.7 Å². The minimum absolute atomic E-state index is 0.126. The molecule has 0 fully saturated rings. The summed E-state index contributed by atoms with van der Waals surface area (Å²) < 4.78 is 40.2. The van der Waals surface area contributed by atoms with E-state index >= 15 is 0 Å². The number of nitrogens with one attached hydrogen (secondary N) is 2. The SMILES string of the molecule is Cc1nc2c(OCc3c(F)cccc3F)cc(Cl)cn2c1C(=O)NC[C@@H](C)NC(=O)OC(C)(C)C. The topological polar surface area (TPSA) is 94.0 Å². The summed E-state index contributed by atoms with van der Waals surface area (Å²) in [7, 11) is 0. The average molecular weight is 509 g/mol. The van der Waals surface area contributed by atoms with Gasteiger partial charge in [-0.05, 0) is 46.8 Å². The first-order chi connectivity index (χ1) is 16.4. The van der Waals surface area contributed by atoms with Crippen molar-refractivity contribution in [3.05, 3.63) is 64.1 Å². The largest absolute Gasteiger partial charge is 0.485 e. The molecule has 2 amide bonds. The Hall–Kier alpha value is -3.40. The number of amides is 2. The van der Waals surface area contributed by atoms with Gasteiger partial charge in [0.1, 0.15) is 29.5 Å². The van der Waals surface area contributed by atoms with Crippen LogP contribution in [-0.4, -0.2) is 39.6 Å². The first-order valence-electron chi connectivity index (χ1n) is 10.9. The maximum atomic E-state index is 14.0. The number of nitrogens with zero attached hydrogens (tertiary/aromatic N) is 2. The van der Waals surface area contributed by atoms with Crippen molar-refractivity contribution < 1.29 is 27.8 Å². The van der Waals surface area contributed by atoms with Crippen molar-refractivity contribution in [2.45, 2.75) is 52.9 Å². The van der Waals surface area contributed by atoms with Crippen LogP contribution in [0.4, 0.5) is 13.6 Å². The quantitative estimate of drug-likeness (QED) is 0.478. The molecule has 0 aliphatic rings. The van der Waals surface area contributed by atoms with Gasteiger partial charge < -0.3 is 20.1 Å². The molecule has 0 spiro atoms. The molecule has 2 heterocycles. The van der Waals surface area contributed by atoms with Gasteiger partial charge >= 0.3 is 6.09 Å². The van der Waals surface area contributed by atoms with Crippen molar-refractivity contribution in [3.8, 4) is 5.75 Å². The highest BCUT2D eigenvalue weighted by Gasteiger charge is 2.22. The van der Waals surface area contributed by atoms with E-state index in [0.29, 0.717) is 5.69 Å². The number of aryl methyl sites for hydroxylation is 1. The summed E-state index contributed by atoms with van der Waals surface area (Å²) in [6.45, 7) is 8.35. The normalized spacial score (nSPS) is 12.3. The van der Waals surface area contributed by atoms with E-state index in [1.807, 2.05) is 0 Å². The molecule has 1 atom stereocenters. The molecule has 0 bridgehead atoms. The number of benzene rings is 1. The van der Waals surface area contributed by atoms with Gasteiger partial charge in [-0.3, -0.25) is 9.20 Å². The third kappa shape index (κ3) is 6.60. The van der Waals surface area contributed by atoms with Crippen LogP contribution in [0.2, 0.25) is 5.02 Å². The number of pyridine rings is 1. The minimum Gasteiger partial charge on any atom is -0.485 e. The predicted molar refractivity (Wildman–Crippen MR) is 127 cm³/mol. The van der Waals surface area contributed by atoms with Gasteiger partial charge in [-0.15, -0.1) is 0 Å². The van der Waals surface area contributed by atoms with E-state index in [1.54, 1.807) is 34.6 Å². The van der Waals surface area contributed by atoms with Crippen molar-refractivity contribution in [1.82, 2.24) is 20.0 Å². The summed E-state index contributed by atoms with van der Waals surface area (Å²) >= 11 is 6.22. The van der Waals surface area contributed by atoms with E-state index in [1.165, 1.54) is 22.7 Å². The summed E-state index contributed by atoms with van der Waals surface area (Å²) in [6.07, 6.45) is 0.898. The summed E-state index contributed by atoms with van der Waals surface area (Å²) in [5.74, 6) is -1.78. The summed E-state index contributed by atoms with van der Waals surface area (Å²) in [5.41, 5.74) is -0.0296. The van der Waals surface area contributed by atoms with Crippen LogP contribution < -0.4 is 15.4 Å². The number of carbonyl (C=O) groups is 2. The Bertz CT molecular complexity index is 1240. The fourth-order valence-electron chi connectivity index (χ4n) is 3.29. The Morgan fingerprint density at radius 1 is 1.23 bits per heavy atom. The standard InChI is InChI=1S/C24H27ClF2N4O4/c1-13(29-23(33)35-24(3,4)5)10-28-22(32)20-14(2)30-21-19(9-15(25)11-31(20)21)34-12-16-17(26)7-6-8-18(16)27/h6-9,11,13H,10,12H2,1-5H3,(H,28,32)(H,29,33)/t13-/m1/s1. The molecule has 0 aliphatic heterocycles. The van der Waals surface area contributed by atoms with Gasteiger partial charge in [-0.25, -0.2) is 18.6 Å². The molecular weight excluding hydrogens is 482 g/mol. The van der Waals surface area contributed by atoms with Crippen LogP contribution in [-0.2, 0) is 11.3 Å². The molecule has 188 valence electrons. The first kappa shape index (κ1) is 26.2. The predicted octanol–water partition coefficient (Wildman–Crippen LogP) is 4.80. The molecule has 2 N–H and O–H groups in total. The zero-order chi connectivity index (χ0) is 25.9. The highest BCUT2D eigenvalue weighted by Crippen LogP contribution is 2.28. The number of aromatic nitrogens is 2. The molecule has 0 aliphatic carbocycles. The Morgan fingerprint density at radius 2 is 1.89 bits per heavy atom. The van der Waals surface area contributed by atoms with Crippen molar-refractivity contribution in [3.63, 3.8) is 0 Å². The Labute approximate surface area is 206 Å². The lowest BCUT2D eigenvalue weighted by atomic mass is 10.2. The summed E-state index contributed by atoms with van der Waals surface area (Å²) in [5, 5.41) is 5.62. The highest BCUT2D eigenvalue weighted by molar-refractivity contribution is 6.30. The number of imidazole rings is 1. The molecular formula is C24H27ClF2N4O4. The molecule has 35 heavy (non-hydrogen) atoms. The molecule has 0 radical (unpaired) electrons.